The van der Waals surface area contributed by atoms with Gasteiger partial charge in [-0.15, -0.1) is 0 Å². The zero-order valence-electron chi connectivity index (χ0n) is 13.4. The van der Waals surface area contributed by atoms with Crippen molar-refractivity contribution in [3.8, 4) is 0 Å². The Morgan fingerprint density at radius 1 is 1.38 bits per heavy atom. The highest BCUT2D eigenvalue weighted by atomic mass is 16.4. The van der Waals surface area contributed by atoms with Crippen LogP contribution in [0.1, 0.15) is 30.7 Å². The molecule has 0 saturated heterocycles. The highest BCUT2D eigenvalue weighted by Crippen LogP contribution is 2.25. The second kappa shape index (κ2) is 6.79. The fraction of sp³-hybridized carbons (Fsp3) is 0.375. The molecule has 1 atom stereocenters. The first kappa shape index (κ1) is 16.1. The van der Waals surface area contributed by atoms with Crippen LogP contribution in [-0.4, -0.2) is 44.2 Å². The number of nitrogens with zero attached hydrogens (tertiary/aromatic N) is 3. The van der Waals surface area contributed by atoms with Crippen LogP contribution in [0.25, 0.3) is 22.1 Å². The van der Waals surface area contributed by atoms with Crippen LogP contribution in [0.3, 0.4) is 0 Å². The molecule has 0 fully saturated rings. The molecule has 0 aliphatic heterocycles. The smallest absolute Gasteiger partial charge is 0.404 e. The summed E-state index contributed by atoms with van der Waals surface area (Å²) in [6, 6.07) is 3.97. The third-order valence-corrected chi connectivity index (χ3v) is 4.08. The van der Waals surface area contributed by atoms with Crippen molar-refractivity contribution in [1.29, 1.82) is 0 Å². The van der Waals surface area contributed by atoms with Crippen molar-refractivity contribution < 1.29 is 9.90 Å². The Kier molecular flexibility index (Phi) is 4.57. The monoisotopic (exact) mass is 328 g/mol. The lowest BCUT2D eigenvalue weighted by Crippen LogP contribution is -2.23. The summed E-state index contributed by atoms with van der Waals surface area (Å²) in [6.45, 7) is 3.04. The van der Waals surface area contributed by atoms with Crippen LogP contribution in [0.15, 0.2) is 18.5 Å². The van der Waals surface area contributed by atoms with Crippen molar-refractivity contribution in [1.82, 2.24) is 25.3 Å². The van der Waals surface area contributed by atoms with E-state index in [9.17, 15) is 4.79 Å². The van der Waals surface area contributed by atoms with Gasteiger partial charge in [0.05, 0.1) is 16.7 Å². The van der Waals surface area contributed by atoms with E-state index in [2.05, 4.69) is 32.2 Å². The molecule has 3 aromatic heterocycles. The summed E-state index contributed by atoms with van der Waals surface area (Å²) in [5, 5.41) is 11.0. The molecule has 0 bridgehead atoms. The first-order chi connectivity index (χ1) is 11.6. The van der Waals surface area contributed by atoms with Gasteiger partial charge in [-0.25, -0.2) is 19.7 Å². The molecule has 0 spiro atoms. The predicted octanol–water partition coefficient (Wildman–Crippen LogP) is 1.77. The van der Waals surface area contributed by atoms with Gasteiger partial charge >= 0.3 is 6.09 Å². The number of H-pyrrole nitrogens is 1. The summed E-state index contributed by atoms with van der Waals surface area (Å²) < 4.78 is 0. The summed E-state index contributed by atoms with van der Waals surface area (Å²) in [6.07, 6.45) is 1.81. The standard InChI is InChI=1S/C16H20N6O2/c1-9(4-6-17)10-2-3-11-14(22-10)15-13(19-8-20-15)12(21-11)5-7-18-16(23)24/h2-3,8-9,18,22H,4-7,17H2,1H3,(H,23,24). The number of aromatic amines is 1. The summed E-state index contributed by atoms with van der Waals surface area (Å²) in [7, 11) is 0. The molecule has 8 nitrogen and oxygen atoms in total. The summed E-state index contributed by atoms with van der Waals surface area (Å²) in [5.41, 5.74) is 10.6. The number of amides is 1. The molecule has 1 amide bonds. The summed E-state index contributed by atoms with van der Waals surface area (Å²) in [5.74, 6) is 0.316. The van der Waals surface area contributed by atoms with Crippen LogP contribution >= 0.6 is 0 Å². The average molecular weight is 328 g/mol. The molecule has 0 aromatic carbocycles. The number of carboxylic acid groups (broad SMARTS) is 1. The Morgan fingerprint density at radius 2 is 2.17 bits per heavy atom. The molecule has 3 heterocycles. The van der Waals surface area contributed by atoms with E-state index >= 15 is 0 Å². The minimum Gasteiger partial charge on any atom is -0.465 e. The average Bonchev–Trinajstić information content (AvgIpc) is 3.04. The Bertz CT molecular complexity index is 876. The first-order valence-corrected chi connectivity index (χ1v) is 7.89. The van der Waals surface area contributed by atoms with Crippen LogP contribution in [0.5, 0.6) is 0 Å². The zero-order chi connectivity index (χ0) is 17.1. The molecule has 8 heteroatoms. The van der Waals surface area contributed by atoms with Gasteiger partial charge in [0.25, 0.3) is 0 Å². The number of fused-ring (bicyclic) bond motifs is 3. The second-order valence-corrected chi connectivity index (χ2v) is 5.76. The van der Waals surface area contributed by atoms with Crippen molar-refractivity contribution in [3.63, 3.8) is 0 Å². The number of hydrogen-bond acceptors (Lipinski definition) is 5. The lowest BCUT2D eigenvalue weighted by molar-refractivity contribution is 0.194. The van der Waals surface area contributed by atoms with Gasteiger partial charge in [-0.2, -0.15) is 0 Å². The van der Waals surface area contributed by atoms with Crippen LogP contribution in [0.4, 0.5) is 4.79 Å². The van der Waals surface area contributed by atoms with Gasteiger partial charge < -0.3 is 21.1 Å². The highest BCUT2D eigenvalue weighted by Gasteiger charge is 2.14. The Balaban J connectivity index is 2.02. The largest absolute Gasteiger partial charge is 0.465 e. The molecule has 0 aliphatic rings. The Morgan fingerprint density at radius 3 is 2.92 bits per heavy atom. The van der Waals surface area contributed by atoms with E-state index in [0.717, 1.165) is 34.4 Å². The lowest BCUT2D eigenvalue weighted by Gasteiger charge is -2.12. The van der Waals surface area contributed by atoms with Crippen LogP contribution in [0, 0.1) is 0 Å². The molecule has 0 saturated carbocycles. The first-order valence-electron chi connectivity index (χ1n) is 7.89. The van der Waals surface area contributed by atoms with Crippen molar-refractivity contribution in [2.24, 2.45) is 5.73 Å². The molecular formula is C16H20N6O2. The third-order valence-electron chi connectivity index (χ3n) is 4.08. The molecule has 1 unspecified atom stereocenters. The van der Waals surface area contributed by atoms with E-state index < -0.39 is 6.09 Å². The molecule has 3 rings (SSSR count). The zero-order valence-corrected chi connectivity index (χ0v) is 13.4. The van der Waals surface area contributed by atoms with E-state index in [1.807, 2.05) is 12.1 Å². The van der Waals surface area contributed by atoms with Crippen LogP contribution in [-0.2, 0) is 6.42 Å². The Hall–Kier alpha value is -2.74. The van der Waals surface area contributed by atoms with E-state index in [1.165, 1.54) is 6.33 Å². The molecule has 0 radical (unpaired) electrons. The maximum absolute atomic E-state index is 10.6. The van der Waals surface area contributed by atoms with Gasteiger partial charge in [0, 0.05) is 18.7 Å². The van der Waals surface area contributed by atoms with E-state index in [1.54, 1.807) is 0 Å². The minimum absolute atomic E-state index is 0.283. The molecule has 3 aromatic rings. The SMILES string of the molecule is CC(CCN)c1ccc2nc(CCNC(=O)O)c3ncnc3c2[nH]1. The predicted molar refractivity (Wildman–Crippen MR) is 91.0 cm³/mol. The number of nitrogens with one attached hydrogen (secondary N) is 2. The number of rotatable bonds is 6. The maximum atomic E-state index is 10.6. The maximum Gasteiger partial charge on any atom is 0.404 e. The quantitative estimate of drug-likeness (QED) is 0.545. The second-order valence-electron chi connectivity index (χ2n) is 5.76. The van der Waals surface area contributed by atoms with Crippen molar-refractivity contribution >= 4 is 28.2 Å². The summed E-state index contributed by atoms with van der Waals surface area (Å²) >= 11 is 0. The van der Waals surface area contributed by atoms with Crippen LogP contribution in [0.2, 0.25) is 0 Å². The number of nitrogens with two attached hydrogens (primary N) is 1. The van der Waals surface area contributed by atoms with Crippen molar-refractivity contribution in [3.05, 3.63) is 29.8 Å². The van der Waals surface area contributed by atoms with Gasteiger partial charge in [0.15, 0.2) is 0 Å². The number of carbonyl (C=O) groups is 1. The number of aromatic nitrogens is 4. The van der Waals surface area contributed by atoms with Crippen molar-refractivity contribution in [2.75, 3.05) is 13.1 Å². The van der Waals surface area contributed by atoms with E-state index in [-0.39, 0.29) is 6.54 Å². The summed E-state index contributed by atoms with van der Waals surface area (Å²) in [4.78, 5) is 27.3. The van der Waals surface area contributed by atoms with Gasteiger partial charge in [0.1, 0.15) is 17.4 Å². The van der Waals surface area contributed by atoms with Gasteiger partial charge in [0.2, 0.25) is 0 Å². The van der Waals surface area contributed by atoms with E-state index in [0.29, 0.717) is 24.4 Å². The molecule has 126 valence electrons. The topological polar surface area (TPSA) is 130 Å². The fourth-order valence-electron chi connectivity index (χ4n) is 2.79. The van der Waals surface area contributed by atoms with Gasteiger partial charge in [-0.1, -0.05) is 6.92 Å². The van der Waals surface area contributed by atoms with Gasteiger partial charge in [-0.05, 0) is 31.0 Å². The molecular weight excluding hydrogens is 308 g/mol. The number of pyridine rings is 2. The van der Waals surface area contributed by atoms with Crippen LogP contribution < -0.4 is 11.1 Å². The lowest BCUT2D eigenvalue weighted by atomic mass is 10.0. The molecule has 24 heavy (non-hydrogen) atoms. The fourth-order valence-corrected chi connectivity index (χ4v) is 2.79. The molecule has 0 aliphatic carbocycles. The highest BCUT2D eigenvalue weighted by molar-refractivity contribution is 6.00. The van der Waals surface area contributed by atoms with Gasteiger partial charge in [-0.3, -0.25) is 0 Å². The normalized spacial score (nSPS) is 12.6. The number of hydrogen-bond donors (Lipinski definition) is 4. The Labute approximate surface area is 138 Å². The van der Waals surface area contributed by atoms with E-state index in [4.69, 9.17) is 10.8 Å². The minimum atomic E-state index is -1.05. The van der Waals surface area contributed by atoms with Crippen molar-refractivity contribution in [2.45, 2.75) is 25.7 Å². The number of imidazole rings is 1. The third kappa shape index (κ3) is 3.13. The molecule has 5 N–H and O–H groups in total.